The van der Waals surface area contributed by atoms with E-state index >= 15 is 0 Å². The summed E-state index contributed by atoms with van der Waals surface area (Å²) in [7, 11) is 0. The standard InChI is InChI=1S/C15H18FNO4/c16-12-5-1-3-10(7-12)8-13(18)17-14(15(19)20)11-4-2-6-21-9-11/h1,3,5,7,11,14H,2,4,6,8-9H2,(H,17,18)(H,19,20). The van der Waals surface area contributed by atoms with E-state index in [1.165, 1.54) is 18.2 Å². The lowest BCUT2D eigenvalue weighted by Gasteiger charge is -2.28. The highest BCUT2D eigenvalue weighted by atomic mass is 19.1. The van der Waals surface area contributed by atoms with Gasteiger partial charge in [-0.25, -0.2) is 9.18 Å². The van der Waals surface area contributed by atoms with E-state index in [-0.39, 0.29) is 12.3 Å². The Balaban J connectivity index is 1.96. The fraction of sp³-hybridized carbons (Fsp3) is 0.467. The monoisotopic (exact) mass is 295 g/mol. The van der Waals surface area contributed by atoms with E-state index in [0.29, 0.717) is 25.2 Å². The molecule has 0 spiro atoms. The Morgan fingerprint density at radius 3 is 2.90 bits per heavy atom. The predicted octanol–water partition coefficient (Wildman–Crippen LogP) is 1.36. The minimum atomic E-state index is -1.07. The second-order valence-corrected chi connectivity index (χ2v) is 5.17. The van der Waals surface area contributed by atoms with Crippen LogP contribution >= 0.6 is 0 Å². The van der Waals surface area contributed by atoms with E-state index in [4.69, 9.17) is 4.74 Å². The van der Waals surface area contributed by atoms with E-state index < -0.39 is 23.7 Å². The number of hydrogen-bond acceptors (Lipinski definition) is 3. The predicted molar refractivity (Wildman–Crippen MR) is 73.2 cm³/mol. The first-order chi connectivity index (χ1) is 10.1. The molecule has 0 bridgehead atoms. The first-order valence-corrected chi connectivity index (χ1v) is 6.90. The van der Waals surface area contributed by atoms with Crippen LogP contribution in [0.5, 0.6) is 0 Å². The molecule has 1 heterocycles. The Morgan fingerprint density at radius 2 is 2.29 bits per heavy atom. The molecule has 1 aromatic carbocycles. The summed E-state index contributed by atoms with van der Waals surface area (Å²) in [5.74, 6) is -2.15. The van der Waals surface area contributed by atoms with Crippen molar-refractivity contribution in [2.45, 2.75) is 25.3 Å². The van der Waals surface area contributed by atoms with Crippen LogP contribution in [0.4, 0.5) is 4.39 Å². The van der Waals surface area contributed by atoms with Crippen molar-refractivity contribution >= 4 is 11.9 Å². The lowest BCUT2D eigenvalue weighted by Crippen LogP contribution is -2.48. The molecule has 114 valence electrons. The van der Waals surface area contributed by atoms with Crippen LogP contribution < -0.4 is 5.32 Å². The molecular weight excluding hydrogens is 277 g/mol. The number of ether oxygens (including phenoxy) is 1. The van der Waals surface area contributed by atoms with Crippen LogP contribution in [0.25, 0.3) is 0 Å². The van der Waals surface area contributed by atoms with E-state index in [2.05, 4.69) is 5.32 Å². The third-order valence-electron chi connectivity index (χ3n) is 3.50. The number of hydrogen-bond donors (Lipinski definition) is 2. The van der Waals surface area contributed by atoms with Crippen molar-refractivity contribution in [2.75, 3.05) is 13.2 Å². The SMILES string of the molecule is O=C(Cc1cccc(F)c1)NC(C(=O)O)C1CCCOC1. The first kappa shape index (κ1) is 15.4. The summed E-state index contributed by atoms with van der Waals surface area (Å²) < 4.78 is 18.3. The van der Waals surface area contributed by atoms with Gasteiger partial charge in [-0.15, -0.1) is 0 Å². The van der Waals surface area contributed by atoms with E-state index in [1.54, 1.807) is 6.07 Å². The quantitative estimate of drug-likeness (QED) is 0.860. The number of aliphatic carboxylic acids is 1. The van der Waals surface area contributed by atoms with Crippen LogP contribution in [0.1, 0.15) is 18.4 Å². The smallest absolute Gasteiger partial charge is 0.326 e. The van der Waals surface area contributed by atoms with Gasteiger partial charge in [0.1, 0.15) is 11.9 Å². The molecule has 2 N–H and O–H groups in total. The van der Waals surface area contributed by atoms with Crippen LogP contribution in [0.15, 0.2) is 24.3 Å². The highest BCUT2D eigenvalue weighted by Crippen LogP contribution is 2.18. The van der Waals surface area contributed by atoms with Crippen LogP contribution in [-0.2, 0) is 20.7 Å². The van der Waals surface area contributed by atoms with Gasteiger partial charge in [0.05, 0.1) is 13.0 Å². The lowest BCUT2D eigenvalue weighted by atomic mass is 9.93. The van der Waals surface area contributed by atoms with Gasteiger partial charge >= 0.3 is 5.97 Å². The van der Waals surface area contributed by atoms with Crippen molar-refractivity contribution < 1.29 is 23.8 Å². The van der Waals surface area contributed by atoms with E-state index in [0.717, 1.165) is 6.42 Å². The van der Waals surface area contributed by atoms with Crippen molar-refractivity contribution in [3.8, 4) is 0 Å². The Kier molecular flexibility index (Phi) is 5.27. The summed E-state index contributed by atoms with van der Waals surface area (Å²) in [4.78, 5) is 23.3. The summed E-state index contributed by atoms with van der Waals surface area (Å²) in [6, 6.07) is 4.73. The van der Waals surface area contributed by atoms with Gasteiger partial charge in [0.25, 0.3) is 0 Å². The largest absolute Gasteiger partial charge is 0.480 e. The molecule has 1 aromatic rings. The summed E-state index contributed by atoms with van der Waals surface area (Å²) >= 11 is 0. The van der Waals surface area contributed by atoms with Crippen molar-refractivity contribution in [1.29, 1.82) is 0 Å². The Labute approximate surface area is 122 Å². The zero-order valence-electron chi connectivity index (χ0n) is 11.5. The number of carboxylic acid groups (broad SMARTS) is 1. The molecule has 2 rings (SSSR count). The highest BCUT2D eigenvalue weighted by Gasteiger charge is 2.31. The second kappa shape index (κ2) is 7.17. The van der Waals surface area contributed by atoms with E-state index in [9.17, 15) is 19.1 Å². The number of halogens is 1. The minimum absolute atomic E-state index is 0.0465. The molecule has 1 saturated heterocycles. The van der Waals surface area contributed by atoms with Crippen molar-refractivity contribution in [3.63, 3.8) is 0 Å². The van der Waals surface area contributed by atoms with Crippen LogP contribution in [0.2, 0.25) is 0 Å². The molecule has 2 atom stereocenters. The molecular formula is C15H18FNO4. The van der Waals surface area contributed by atoms with Crippen LogP contribution in [0, 0.1) is 11.7 Å². The Morgan fingerprint density at radius 1 is 1.48 bits per heavy atom. The number of nitrogens with one attached hydrogen (secondary N) is 1. The van der Waals surface area contributed by atoms with Crippen molar-refractivity contribution in [1.82, 2.24) is 5.32 Å². The van der Waals surface area contributed by atoms with Crippen LogP contribution in [-0.4, -0.2) is 36.2 Å². The zero-order chi connectivity index (χ0) is 15.2. The number of carboxylic acids is 1. The number of carbonyl (C=O) groups excluding carboxylic acids is 1. The second-order valence-electron chi connectivity index (χ2n) is 5.17. The van der Waals surface area contributed by atoms with Crippen LogP contribution in [0.3, 0.4) is 0 Å². The highest BCUT2D eigenvalue weighted by molar-refractivity contribution is 5.85. The molecule has 2 unspecified atom stereocenters. The summed E-state index contributed by atoms with van der Waals surface area (Å²) in [6.45, 7) is 0.956. The van der Waals surface area contributed by atoms with Crippen molar-refractivity contribution in [2.24, 2.45) is 5.92 Å². The fourth-order valence-electron chi connectivity index (χ4n) is 2.47. The number of benzene rings is 1. The van der Waals surface area contributed by atoms with E-state index in [1.807, 2.05) is 0 Å². The molecule has 1 aliphatic heterocycles. The van der Waals surface area contributed by atoms with Gasteiger partial charge in [0, 0.05) is 12.5 Å². The maximum Gasteiger partial charge on any atom is 0.326 e. The topological polar surface area (TPSA) is 75.6 Å². The number of rotatable bonds is 5. The van der Waals surface area contributed by atoms with Gasteiger partial charge in [-0.05, 0) is 30.5 Å². The zero-order valence-corrected chi connectivity index (χ0v) is 11.5. The number of amides is 1. The van der Waals surface area contributed by atoms with Crippen molar-refractivity contribution in [3.05, 3.63) is 35.6 Å². The summed E-state index contributed by atoms with van der Waals surface area (Å²) in [5.41, 5.74) is 0.511. The third-order valence-corrected chi connectivity index (χ3v) is 3.50. The van der Waals surface area contributed by atoms with Gasteiger partial charge < -0.3 is 15.2 Å². The van der Waals surface area contributed by atoms with Gasteiger partial charge in [0.15, 0.2) is 0 Å². The molecule has 1 aliphatic rings. The third kappa shape index (κ3) is 4.53. The molecule has 0 aliphatic carbocycles. The molecule has 1 fully saturated rings. The Hall–Kier alpha value is -1.95. The number of carbonyl (C=O) groups is 2. The summed E-state index contributed by atoms with van der Waals surface area (Å²) in [5, 5.41) is 11.8. The molecule has 1 amide bonds. The lowest BCUT2D eigenvalue weighted by molar-refractivity contribution is -0.145. The molecule has 0 saturated carbocycles. The normalized spacial score (nSPS) is 19.8. The Bertz CT molecular complexity index is 514. The first-order valence-electron chi connectivity index (χ1n) is 6.90. The summed E-state index contributed by atoms with van der Waals surface area (Å²) in [6.07, 6.45) is 1.44. The van der Waals surface area contributed by atoms with Gasteiger partial charge in [-0.3, -0.25) is 4.79 Å². The van der Waals surface area contributed by atoms with Gasteiger partial charge in [-0.1, -0.05) is 12.1 Å². The average Bonchev–Trinajstić information content (AvgIpc) is 2.45. The van der Waals surface area contributed by atoms with Gasteiger partial charge in [-0.2, -0.15) is 0 Å². The molecule has 0 aromatic heterocycles. The fourth-order valence-corrected chi connectivity index (χ4v) is 2.47. The maximum absolute atomic E-state index is 13.1. The molecule has 0 radical (unpaired) electrons. The average molecular weight is 295 g/mol. The molecule has 5 nitrogen and oxygen atoms in total. The molecule has 21 heavy (non-hydrogen) atoms. The van der Waals surface area contributed by atoms with Gasteiger partial charge in [0.2, 0.25) is 5.91 Å². The molecule has 6 heteroatoms. The maximum atomic E-state index is 13.1. The minimum Gasteiger partial charge on any atom is -0.480 e.